The second-order valence-electron chi connectivity index (χ2n) is 47.5. The number of rotatable bonds is 84. The molecule has 4 nitrogen and oxygen atoms in total. The molecule has 0 amide bonds. The predicted octanol–water partition coefficient (Wildman–Crippen LogP) is 41.7. The molecule has 4 aliphatic rings. The maximum absolute atomic E-state index is 5.03. The Balaban J connectivity index is 0.000000402. The van der Waals surface area contributed by atoms with Gasteiger partial charge in [-0.15, -0.1) is 26.2 Å². The fourth-order valence-corrected chi connectivity index (χ4v) is 31.6. The molecule has 0 bridgehead atoms. The van der Waals surface area contributed by atoms with Crippen LogP contribution in [0.4, 0.5) is 0 Å². The first kappa shape index (κ1) is 133. The van der Waals surface area contributed by atoms with Crippen molar-refractivity contribution in [2.75, 3.05) is 26.2 Å². The van der Waals surface area contributed by atoms with Crippen molar-refractivity contribution in [2.24, 2.45) is 0 Å². The minimum atomic E-state index is -0.675. The molecule has 0 fully saturated rings. The number of hydrogen-bond donors (Lipinski definition) is 0. The van der Waals surface area contributed by atoms with Crippen molar-refractivity contribution >= 4 is 55.9 Å². The molecule has 0 saturated heterocycles. The zero-order chi connectivity index (χ0) is 104. The van der Waals surface area contributed by atoms with E-state index >= 15 is 0 Å². The van der Waals surface area contributed by atoms with Gasteiger partial charge in [0.2, 0.25) is 0 Å². The van der Waals surface area contributed by atoms with Gasteiger partial charge in [-0.3, -0.25) is 0 Å². The van der Waals surface area contributed by atoms with E-state index in [0.29, 0.717) is 0 Å². The largest absolute Gasteiger partial charge is 4.00 e. The number of unbranched alkanes of at least 4 members (excludes halogenated alkanes) is 60. The van der Waals surface area contributed by atoms with Crippen LogP contribution < -0.4 is 20.7 Å². The third-order valence-corrected chi connectivity index (χ3v) is 46.2. The summed E-state index contributed by atoms with van der Waals surface area (Å²) in [7, 11) is -2.70. The van der Waals surface area contributed by atoms with Crippen LogP contribution in [-0.4, -0.2) is 83.5 Å². The third kappa shape index (κ3) is 59.5. The molecule has 816 valence electrons. The molecule has 9 heteroatoms. The van der Waals surface area contributed by atoms with Gasteiger partial charge in [0.15, 0.2) is 0 Å². The van der Waals surface area contributed by atoms with Crippen LogP contribution >= 0.6 is 0 Å². The molecular weight excluding hydrogens is 1850 g/mol. The van der Waals surface area contributed by atoms with Gasteiger partial charge in [0.25, 0.3) is 0 Å². The molecule has 0 spiro atoms. The van der Waals surface area contributed by atoms with Gasteiger partial charge in [-0.1, -0.05) is 744 Å². The van der Waals surface area contributed by atoms with Gasteiger partial charge >= 0.3 is 21.7 Å². The molecule has 0 radical (unpaired) electrons. The molecule has 0 aromatic heterocycles. The van der Waals surface area contributed by atoms with Crippen molar-refractivity contribution in [3.8, 4) is 0 Å². The van der Waals surface area contributed by atoms with Gasteiger partial charge < -0.3 is 21.3 Å². The van der Waals surface area contributed by atoms with Crippen molar-refractivity contribution in [3.05, 3.63) is 234 Å². The van der Waals surface area contributed by atoms with Crippen molar-refractivity contribution in [1.29, 1.82) is 0 Å². The number of allylic oxidation sites excluding steroid dienone is 8. The number of nitrogens with zero attached hydrogens (tertiary/aromatic N) is 4. The van der Waals surface area contributed by atoms with Crippen molar-refractivity contribution < 1.29 is 21.7 Å². The fourth-order valence-electron chi connectivity index (χ4n) is 23.1. The Morgan fingerprint density at radius 1 is 0.166 bits per heavy atom. The molecule has 8 rings (SSSR count). The summed E-state index contributed by atoms with van der Waals surface area (Å²) in [6.45, 7) is 50.1. The quantitative estimate of drug-likeness (QED) is 0.0312. The average molecular weight is 2080 g/mol. The summed E-state index contributed by atoms with van der Waals surface area (Å²) in [4.78, 5) is 0. The SMILES string of the molecule is CC1=CC(C)([N-]CCCCCCCCCCCCCCCCCC[SiH](C)c2ccccc2)C(C)=C1C.CC1=CC(C)([N-]CCCCCCCCCCCCCCCCCC[SiH](C)c2ccccc2)C(C)=C1C.CC1=CC(C)([N-]CCCCCCCCCCCCCCCCCC[SiH](C)c2ccccc2)C(C)=C1C.CC1=CC(C)([N-]CCCCCCCCCCCCCCCCCC[SiH](C)c2ccccc2)C(C)=C1C.[Ti+4]. The maximum Gasteiger partial charge on any atom is 4.00 e. The molecule has 0 aliphatic heterocycles. The second-order valence-corrected chi connectivity index (χ2v) is 59.6. The summed E-state index contributed by atoms with van der Waals surface area (Å²) in [6, 6.07) is 50.8. The molecule has 4 aliphatic carbocycles. The first-order chi connectivity index (χ1) is 69.8. The van der Waals surface area contributed by atoms with E-state index in [1.54, 1.807) is 20.7 Å². The molecule has 0 heterocycles. The maximum atomic E-state index is 5.03. The monoisotopic (exact) mass is 2080 g/mol. The van der Waals surface area contributed by atoms with E-state index in [2.05, 4.69) is 283 Å². The van der Waals surface area contributed by atoms with Crippen LogP contribution in [0.3, 0.4) is 0 Å². The zero-order valence-corrected chi connectivity index (χ0v) is 106. The molecule has 0 saturated carbocycles. The van der Waals surface area contributed by atoms with Gasteiger partial charge in [0, 0.05) is 0 Å². The summed E-state index contributed by atoms with van der Waals surface area (Å²) < 4.78 is 0. The summed E-state index contributed by atoms with van der Waals surface area (Å²) >= 11 is 0. The molecule has 8 unspecified atom stereocenters. The minimum absolute atomic E-state index is 0. The fraction of sp³-hybridized carbons (Fsp3) is 0.706. The average Bonchev–Trinajstić information content (AvgIpc) is 1.67. The third-order valence-electron chi connectivity index (χ3n) is 35.1. The summed E-state index contributed by atoms with van der Waals surface area (Å²) in [5, 5.41) is 26.7. The van der Waals surface area contributed by atoms with Crippen molar-refractivity contribution in [1.82, 2.24) is 0 Å². The van der Waals surface area contributed by atoms with Crippen LogP contribution in [0, 0.1) is 0 Å². The van der Waals surface area contributed by atoms with Crippen LogP contribution in [0.1, 0.15) is 522 Å². The van der Waals surface area contributed by atoms with Gasteiger partial charge in [-0.05, 0) is 83.1 Å². The van der Waals surface area contributed by atoms with Gasteiger partial charge in [-0.2, -0.15) is 0 Å². The van der Waals surface area contributed by atoms with Crippen LogP contribution in [-0.2, 0) is 21.7 Å². The predicted molar refractivity (Wildman–Crippen MR) is 666 cm³/mol. The van der Waals surface area contributed by atoms with E-state index in [1.807, 2.05) is 0 Å². The summed E-state index contributed by atoms with van der Waals surface area (Å²) in [6.07, 6.45) is 101. The Morgan fingerprint density at radius 2 is 0.276 bits per heavy atom. The first-order valence-electron chi connectivity index (χ1n) is 62.2. The Kier molecular flexibility index (Phi) is 77.0. The molecule has 145 heavy (non-hydrogen) atoms. The molecular formula is C136H232N4Si4Ti. The second kappa shape index (κ2) is 83.7. The normalized spacial score (nSPS) is 18.5. The van der Waals surface area contributed by atoms with E-state index in [4.69, 9.17) is 21.3 Å². The number of hydrogen-bond acceptors (Lipinski definition) is 0. The van der Waals surface area contributed by atoms with Crippen LogP contribution in [0.5, 0.6) is 0 Å². The Labute approximate surface area is 924 Å². The smallest absolute Gasteiger partial charge is 0.650 e. The van der Waals surface area contributed by atoms with Crippen molar-refractivity contribution in [2.45, 2.75) is 594 Å². The molecule has 8 atom stereocenters. The van der Waals surface area contributed by atoms with E-state index in [9.17, 15) is 0 Å². The number of benzene rings is 4. The Bertz CT molecular complexity index is 3590. The van der Waals surface area contributed by atoms with E-state index in [0.717, 1.165) is 26.2 Å². The first-order valence-corrected chi connectivity index (χ1v) is 72.4. The molecule has 0 N–H and O–H groups in total. The summed E-state index contributed by atoms with van der Waals surface area (Å²) in [5.41, 5.74) is 17.1. The van der Waals surface area contributed by atoms with Crippen LogP contribution in [0.2, 0.25) is 50.4 Å². The van der Waals surface area contributed by atoms with Gasteiger partial charge in [0.05, 0.1) is 35.2 Å². The summed E-state index contributed by atoms with van der Waals surface area (Å²) in [5.74, 6) is 0. The van der Waals surface area contributed by atoms with Crippen molar-refractivity contribution in [3.63, 3.8) is 0 Å². The van der Waals surface area contributed by atoms with Gasteiger partial charge in [-0.25, -0.2) is 0 Å². The molecule has 4 aromatic rings. The minimum Gasteiger partial charge on any atom is -0.650 e. The topological polar surface area (TPSA) is 56.4 Å². The van der Waals surface area contributed by atoms with E-state index < -0.39 is 35.2 Å². The van der Waals surface area contributed by atoms with Crippen LogP contribution in [0.15, 0.2) is 213 Å². The molecule has 4 aromatic carbocycles. The Morgan fingerprint density at radius 3 is 0.386 bits per heavy atom. The van der Waals surface area contributed by atoms with Crippen LogP contribution in [0.25, 0.3) is 21.3 Å². The van der Waals surface area contributed by atoms with Gasteiger partial charge in [0.1, 0.15) is 0 Å². The van der Waals surface area contributed by atoms with E-state index in [1.165, 1.54) is 502 Å². The van der Waals surface area contributed by atoms with E-state index in [-0.39, 0.29) is 43.9 Å². The Hall–Kier alpha value is -3.78. The standard InChI is InChI=1S/4C34H58NSi.Ti/c4*1-30-29-34(4,32(3)31(30)2)35-27-23-18-16-14-12-10-8-6-7-9-11-13-15-17-19-24-28-36(5)33-25-21-20-22-26-33;/h4*20-22,25-26,29,36H,6-19,23-24,27-28H2,1-5H3;/q4*-1;+4. The zero-order valence-electron chi connectivity index (χ0n) is 99.4.